The molecule has 2 N–H and O–H groups in total. The van der Waals surface area contributed by atoms with Gasteiger partial charge in [-0.3, -0.25) is 4.79 Å². The number of unbranched alkanes of at least 4 members (excludes halogenated alkanes) is 1. The van der Waals surface area contributed by atoms with Gasteiger partial charge in [-0.05, 0) is 31.0 Å². The average Bonchev–Trinajstić information content (AvgIpc) is 3.20. The predicted molar refractivity (Wildman–Crippen MR) is 104 cm³/mol. The van der Waals surface area contributed by atoms with Crippen molar-refractivity contribution in [3.8, 4) is 34.8 Å². The summed E-state index contributed by atoms with van der Waals surface area (Å²) in [6.45, 7) is 3.99. The van der Waals surface area contributed by atoms with Crippen LogP contribution in [0.1, 0.15) is 49.4 Å². The molecule has 148 valence electrons. The molecule has 3 rings (SSSR count). The Morgan fingerprint density at radius 2 is 2.00 bits per heavy atom. The van der Waals surface area contributed by atoms with Crippen LogP contribution in [0.25, 0.3) is 11.1 Å². The summed E-state index contributed by atoms with van der Waals surface area (Å²) in [5, 5.41) is 19.5. The number of carbonyl (C=O) groups is 1. The molecule has 1 aromatic carbocycles. The molecule has 0 radical (unpaired) electrons. The minimum absolute atomic E-state index is 0.0534. The summed E-state index contributed by atoms with van der Waals surface area (Å²) >= 11 is 0. The molecule has 1 aliphatic heterocycles. The van der Waals surface area contributed by atoms with Crippen LogP contribution < -0.4 is 15.2 Å². The number of nitrogen functional groups attached to an aromatic ring is 1. The Balaban J connectivity index is 2.12. The van der Waals surface area contributed by atoms with Crippen molar-refractivity contribution in [3.63, 3.8) is 0 Å². The van der Waals surface area contributed by atoms with Crippen LogP contribution in [0, 0.1) is 22.7 Å². The normalized spacial score (nSPS) is 12.7. The maximum atomic E-state index is 12.4. The lowest BCUT2D eigenvalue weighted by molar-refractivity contribution is -0.145. The highest BCUT2D eigenvalue weighted by atomic mass is 16.7. The third kappa shape index (κ3) is 3.78. The van der Waals surface area contributed by atoms with Crippen LogP contribution in [0.2, 0.25) is 0 Å². The molecule has 0 bridgehead atoms. The van der Waals surface area contributed by atoms with Crippen LogP contribution >= 0.6 is 0 Å². The summed E-state index contributed by atoms with van der Waals surface area (Å²) < 4.78 is 16.0. The zero-order chi connectivity index (χ0) is 21.0. The Bertz CT molecular complexity index is 1040. The number of esters is 1. The smallest absolute Gasteiger partial charge is 0.314 e. The zero-order valence-electron chi connectivity index (χ0n) is 16.2. The minimum Gasteiger partial charge on any atom is -0.465 e. The van der Waals surface area contributed by atoms with Gasteiger partial charge in [0.1, 0.15) is 23.5 Å². The summed E-state index contributed by atoms with van der Waals surface area (Å²) in [7, 11) is 0. The van der Waals surface area contributed by atoms with Gasteiger partial charge in [-0.2, -0.15) is 10.5 Å². The van der Waals surface area contributed by atoms with E-state index in [2.05, 4.69) is 11.1 Å². The van der Waals surface area contributed by atoms with E-state index in [0.717, 1.165) is 12.8 Å². The third-order valence-electron chi connectivity index (χ3n) is 4.64. The van der Waals surface area contributed by atoms with Gasteiger partial charge in [0, 0.05) is 5.56 Å². The number of anilines is 1. The Hall–Kier alpha value is -3.78. The Kier molecular flexibility index (Phi) is 5.85. The van der Waals surface area contributed by atoms with E-state index < -0.39 is 11.9 Å². The first-order valence-corrected chi connectivity index (χ1v) is 9.22. The van der Waals surface area contributed by atoms with Crippen LogP contribution in [0.15, 0.2) is 18.2 Å². The second-order valence-corrected chi connectivity index (χ2v) is 6.54. The number of rotatable bonds is 6. The highest BCUT2D eigenvalue weighted by Gasteiger charge is 2.28. The number of nitrogens with two attached hydrogens (primary N) is 1. The molecule has 8 heteroatoms. The van der Waals surface area contributed by atoms with Crippen molar-refractivity contribution < 1.29 is 19.0 Å². The van der Waals surface area contributed by atoms with Crippen molar-refractivity contribution in [1.29, 1.82) is 10.5 Å². The number of ether oxygens (including phenoxy) is 3. The first kappa shape index (κ1) is 20.0. The van der Waals surface area contributed by atoms with Crippen molar-refractivity contribution in [2.75, 3.05) is 19.1 Å². The molecule has 29 heavy (non-hydrogen) atoms. The molecule has 8 nitrogen and oxygen atoms in total. The Morgan fingerprint density at radius 3 is 2.69 bits per heavy atom. The van der Waals surface area contributed by atoms with Crippen molar-refractivity contribution in [2.45, 2.75) is 32.6 Å². The lowest BCUT2D eigenvalue weighted by atomic mass is 9.91. The number of hydrogen-bond donors (Lipinski definition) is 1. The molecule has 0 saturated carbocycles. The average molecular weight is 392 g/mol. The largest absolute Gasteiger partial charge is 0.465 e. The first-order valence-electron chi connectivity index (χ1n) is 9.22. The summed E-state index contributed by atoms with van der Waals surface area (Å²) in [6.07, 6.45) is 1.64. The predicted octanol–water partition coefficient (Wildman–Crippen LogP) is 3.25. The molecule has 0 amide bonds. The molecule has 2 aromatic rings. The number of carbonyl (C=O) groups excluding carboxylic acids is 1. The van der Waals surface area contributed by atoms with Gasteiger partial charge in [0.2, 0.25) is 6.79 Å². The number of nitriles is 2. The van der Waals surface area contributed by atoms with Crippen molar-refractivity contribution >= 4 is 11.8 Å². The van der Waals surface area contributed by atoms with Crippen LogP contribution in [0.5, 0.6) is 11.5 Å². The topological polar surface area (TPSA) is 131 Å². The van der Waals surface area contributed by atoms with Gasteiger partial charge in [-0.1, -0.05) is 19.4 Å². The van der Waals surface area contributed by atoms with Crippen LogP contribution in [0.3, 0.4) is 0 Å². The second kappa shape index (κ2) is 8.49. The number of fused-ring (bicyclic) bond motifs is 1. The fraction of sp³-hybridized carbons (Fsp3) is 0.333. The molecule has 2 heterocycles. The van der Waals surface area contributed by atoms with E-state index >= 15 is 0 Å². The molecule has 0 aliphatic carbocycles. The first-order chi connectivity index (χ1) is 14.0. The molecule has 0 fully saturated rings. The molecule has 0 saturated heterocycles. The summed E-state index contributed by atoms with van der Waals surface area (Å²) in [5.74, 6) is -0.296. The molecule has 1 atom stereocenters. The standard InChI is InChI=1S/C21H20N4O4/c1-3-4-7-27-21(26)12(2)19-14(9-22)18(15(10-23)20(24)25-19)13-5-6-16-17(8-13)29-11-28-16/h5-6,8,12H,3-4,7,11H2,1-2H3,(H2,24,25). The minimum atomic E-state index is -0.815. The van der Waals surface area contributed by atoms with Gasteiger partial charge in [0.25, 0.3) is 0 Å². The van der Waals surface area contributed by atoms with E-state index in [1.54, 1.807) is 25.1 Å². The van der Waals surface area contributed by atoms with Crippen LogP contribution in [0.4, 0.5) is 5.82 Å². The molecular weight excluding hydrogens is 372 g/mol. The van der Waals surface area contributed by atoms with Crippen LogP contribution in [-0.4, -0.2) is 24.4 Å². The fourth-order valence-corrected chi connectivity index (χ4v) is 3.06. The lowest BCUT2D eigenvalue weighted by Crippen LogP contribution is -2.18. The van der Waals surface area contributed by atoms with Crippen molar-refractivity contribution in [2.24, 2.45) is 0 Å². The van der Waals surface area contributed by atoms with Gasteiger partial charge >= 0.3 is 5.97 Å². The van der Waals surface area contributed by atoms with Crippen molar-refractivity contribution in [3.05, 3.63) is 35.0 Å². The van der Waals surface area contributed by atoms with E-state index in [1.165, 1.54) is 0 Å². The lowest BCUT2D eigenvalue weighted by Gasteiger charge is -2.17. The summed E-state index contributed by atoms with van der Waals surface area (Å²) in [5.41, 5.74) is 7.22. The van der Waals surface area contributed by atoms with Gasteiger partial charge in [-0.15, -0.1) is 0 Å². The molecular formula is C21H20N4O4. The second-order valence-electron chi connectivity index (χ2n) is 6.54. The number of pyridine rings is 1. The summed E-state index contributed by atoms with van der Waals surface area (Å²) in [6, 6.07) is 9.17. The van der Waals surface area contributed by atoms with E-state index in [4.69, 9.17) is 19.9 Å². The quantitative estimate of drug-likeness (QED) is 0.585. The maximum absolute atomic E-state index is 12.4. The number of aromatic nitrogens is 1. The third-order valence-corrected chi connectivity index (χ3v) is 4.64. The molecule has 1 aromatic heterocycles. The van der Waals surface area contributed by atoms with Gasteiger partial charge in [0.15, 0.2) is 11.5 Å². The van der Waals surface area contributed by atoms with Crippen LogP contribution in [-0.2, 0) is 9.53 Å². The number of benzene rings is 1. The summed E-state index contributed by atoms with van der Waals surface area (Å²) in [4.78, 5) is 16.6. The molecule has 0 spiro atoms. The fourth-order valence-electron chi connectivity index (χ4n) is 3.06. The van der Waals surface area contributed by atoms with E-state index in [1.807, 2.05) is 13.0 Å². The van der Waals surface area contributed by atoms with Gasteiger partial charge < -0.3 is 19.9 Å². The molecule has 1 aliphatic rings. The Morgan fingerprint density at radius 1 is 1.28 bits per heavy atom. The van der Waals surface area contributed by atoms with E-state index in [0.29, 0.717) is 29.2 Å². The van der Waals surface area contributed by atoms with E-state index in [9.17, 15) is 15.3 Å². The highest BCUT2D eigenvalue weighted by Crippen LogP contribution is 2.40. The maximum Gasteiger partial charge on any atom is 0.314 e. The van der Waals surface area contributed by atoms with Gasteiger partial charge in [0.05, 0.1) is 23.8 Å². The van der Waals surface area contributed by atoms with Gasteiger partial charge in [-0.25, -0.2) is 4.98 Å². The van der Waals surface area contributed by atoms with E-state index in [-0.39, 0.29) is 29.4 Å². The zero-order valence-corrected chi connectivity index (χ0v) is 16.2. The number of nitrogens with zero attached hydrogens (tertiary/aromatic N) is 3. The van der Waals surface area contributed by atoms with Crippen molar-refractivity contribution in [1.82, 2.24) is 4.98 Å². The monoisotopic (exact) mass is 392 g/mol. The number of hydrogen-bond acceptors (Lipinski definition) is 8. The highest BCUT2D eigenvalue weighted by molar-refractivity contribution is 5.86. The SMILES string of the molecule is CCCCOC(=O)C(C)c1nc(N)c(C#N)c(-c2ccc3c(c2)OCO3)c1C#N. The Labute approximate surface area is 168 Å². The molecule has 1 unspecified atom stereocenters.